The third kappa shape index (κ3) is 3.48. The quantitative estimate of drug-likeness (QED) is 0.768. The van der Waals surface area contributed by atoms with Gasteiger partial charge in [0.1, 0.15) is 11.5 Å². The third-order valence-electron chi connectivity index (χ3n) is 5.14. The van der Waals surface area contributed by atoms with Crippen molar-refractivity contribution in [1.82, 2.24) is 9.80 Å². The maximum atomic E-state index is 5.86. The van der Waals surface area contributed by atoms with Crippen molar-refractivity contribution in [2.45, 2.75) is 46.2 Å². The van der Waals surface area contributed by atoms with E-state index in [1.165, 1.54) is 16.7 Å². The second kappa shape index (κ2) is 8.02. The minimum atomic E-state index is 0.408. The van der Waals surface area contributed by atoms with Crippen LogP contribution in [0.2, 0.25) is 0 Å². The molecule has 0 saturated carbocycles. The lowest BCUT2D eigenvalue weighted by Crippen LogP contribution is -2.33. The van der Waals surface area contributed by atoms with Gasteiger partial charge in [0.2, 0.25) is 0 Å². The van der Waals surface area contributed by atoms with Crippen molar-refractivity contribution in [2.24, 2.45) is 0 Å². The highest BCUT2D eigenvalue weighted by Crippen LogP contribution is 2.44. The normalized spacial score (nSPS) is 18.1. The molecule has 1 atom stereocenters. The lowest BCUT2D eigenvalue weighted by atomic mass is 9.88. The molecule has 0 amide bonds. The topological polar surface area (TPSA) is 24.9 Å². The number of nitrogens with zero attached hydrogens (tertiary/aromatic N) is 2. The number of rotatable bonds is 7. The summed E-state index contributed by atoms with van der Waals surface area (Å²) in [6.45, 7) is 10.7. The lowest BCUT2D eigenvalue weighted by Gasteiger charge is -2.36. The van der Waals surface area contributed by atoms with Crippen LogP contribution in [-0.4, -0.2) is 50.7 Å². The summed E-state index contributed by atoms with van der Waals surface area (Å²) < 4.78 is 11.6. The third-order valence-corrected chi connectivity index (χ3v) is 5.14. The highest BCUT2D eigenvalue weighted by molar-refractivity contribution is 5.56. The Balaban J connectivity index is 2.55. The van der Waals surface area contributed by atoms with Crippen LogP contribution in [0.5, 0.6) is 11.5 Å². The minimum Gasteiger partial charge on any atom is -0.496 e. The van der Waals surface area contributed by atoms with Crippen LogP contribution in [0, 0.1) is 0 Å². The number of benzene rings is 1. The maximum absolute atomic E-state index is 5.86. The van der Waals surface area contributed by atoms with Crippen molar-refractivity contribution < 1.29 is 9.47 Å². The predicted molar refractivity (Wildman–Crippen MR) is 95.5 cm³/mol. The smallest absolute Gasteiger partial charge is 0.127 e. The predicted octanol–water partition coefficient (Wildman–Crippen LogP) is 3.48. The second-order valence-corrected chi connectivity index (χ2v) is 6.28. The fourth-order valence-corrected chi connectivity index (χ4v) is 3.79. The summed E-state index contributed by atoms with van der Waals surface area (Å²) in [5.41, 5.74) is 3.91. The Bertz CT molecular complexity index is 527. The molecule has 1 aromatic carbocycles. The molecule has 0 N–H and O–H groups in total. The number of ether oxygens (including phenoxy) is 2. The van der Waals surface area contributed by atoms with E-state index in [1.807, 2.05) is 0 Å². The average molecular weight is 320 g/mol. The zero-order valence-corrected chi connectivity index (χ0v) is 15.6. The summed E-state index contributed by atoms with van der Waals surface area (Å²) in [6, 6.07) is 2.60. The molecule has 1 aromatic rings. The van der Waals surface area contributed by atoms with Gasteiger partial charge in [-0.15, -0.1) is 0 Å². The number of hydrogen-bond donors (Lipinski definition) is 0. The van der Waals surface area contributed by atoms with E-state index >= 15 is 0 Å². The highest BCUT2D eigenvalue weighted by Gasteiger charge is 2.31. The van der Waals surface area contributed by atoms with Gasteiger partial charge in [0.05, 0.1) is 14.2 Å². The summed E-state index contributed by atoms with van der Waals surface area (Å²) in [6.07, 6.45) is 2.10. The molecule has 1 unspecified atom stereocenters. The summed E-state index contributed by atoms with van der Waals surface area (Å²) in [4.78, 5) is 4.84. The summed E-state index contributed by atoms with van der Waals surface area (Å²) in [5, 5.41) is 0. The Morgan fingerprint density at radius 3 is 2.39 bits per heavy atom. The Hall–Kier alpha value is -1.26. The van der Waals surface area contributed by atoms with Crippen LogP contribution >= 0.6 is 0 Å². The number of methoxy groups -OCH3 is 2. The first kappa shape index (κ1) is 18.1. The Morgan fingerprint density at radius 2 is 1.87 bits per heavy atom. The van der Waals surface area contributed by atoms with Crippen molar-refractivity contribution >= 4 is 0 Å². The van der Waals surface area contributed by atoms with Gasteiger partial charge in [-0.2, -0.15) is 0 Å². The van der Waals surface area contributed by atoms with Gasteiger partial charge in [0, 0.05) is 35.8 Å². The van der Waals surface area contributed by atoms with Crippen LogP contribution < -0.4 is 9.47 Å². The van der Waals surface area contributed by atoms with Gasteiger partial charge < -0.3 is 9.47 Å². The molecule has 130 valence electrons. The molecule has 1 heterocycles. The van der Waals surface area contributed by atoms with E-state index in [-0.39, 0.29) is 0 Å². The summed E-state index contributed by atoms with van der Waals surface area (Å²) >= 11 is 0. The van der Waals surface area contributed by atoms with Gasteiger partial charge in [-0.1, -0.05) is 20.8 Å². The van der Waals surface area contributed by atoms with Crippen molar-refractivity contribution in [3.05, 3.63) is 22.8 Å². The number of hydrogen-bond acceptors (Lipinski definition) is 4. The molecule has 0 aliphatic carbocycles. The maximum Gasteiger partial charge on any atom is 0.127 e. The molecule has 0 spiro atoms. The van der Waals surface area contributed by atoms with Crippen molar-refractivity contribution in [2.75, 3.05) is 40.9 Å². The Kier molecular flexibility index (Phi) is 6.31. The van der Waals surface area contributed by atoms with Crippen molar-refractivity contribution in [1.29, 1.82) is 0 Å². The molecule has 1 aliphatic heterocycles. The summed E-state index contributed by atoms with van der Waals surface area (Å²) in [7, 11) is 5.78. The van der Waals surface area contributed by atoms with Gasteiger partial charge in [-0.3, -0.25) is 9.80 Å². The molecular weight excluding hydrogens is 288 g/mol. The van der Waals surface area contributed by atoms with Crippen LogP contribution in [0.3, 0.4) is 0 Å². The molecule has 0 aromatic heterocycles. The molecule has 0 bridgehead atoms. The average Bonchev–Trinajstić information content (AvgIpc) is 2.58. The van der Waals surface area contributed by atoms with E-state index in [4.69, 9.17) is 9.47 Å². The molecule has 2 rings (SSSR count). The van der Waals surface area contributed by atoms with Crippen LogP contribution in [-0.2, 0) is 13.0 Å². The van der Waals surface area contributed by atoms with Crippen molar-refractivity contribution in [3.8, 4) is 11.5 Å². The lowest BCUT2D eigenvalue weighted by molar-refractivity contribution is 0.215. The van der Waals surface area contributed by atoms with Crippen LogP contribution in [0.25, 0.3) is 0 Å². The molecular formula is C19H32N2O2. The molecule has 0 fully saturated rings. The standard InChI is InChI=1S/C19H32N2O2/c1-7-16-18-15(10-11-20(16)4)19(23-6)14(12-17(18)22-5)13-21(8-2)9-3/h12,16H,7-11,13H2,1-6H3. The van der Waals surface area contributed by atoms with E-state index in [0.29, 0.717) is 6.04 Å². The first-order valence-corrected chi connectivity index (χ1v) is 8.80. The Morgan fingerprint density at radius 1 is 1.17 bits per heavy atom. The van der Waals surface area contributed by atoms with Crippen LogP contribution in [0.4, 0.5) is 0 Å². The van der Waals surface area contributed by atoms with Gasteiger partial charge in [0.15, 0.2) is 0 Å². The van der Waals surface area contributed by atoms with E-state index < -0.39 is 0 Å². The number of fused-ring (bicyclic) bond motifs is 1. The van der Waals surface area contributed by atoms with Gasteiger partial charge in [-0.05, 0) is 39.0 Å². The molecule has 4 nitrogen and oxygen atoms in total. The van der Waals surface area contributed by atoms with Crippen LogP contribution in [0.1, 0.15) is 49.9 Å². The van der Waals surface area contributed by atoms with E-state index in [2.05, 4.69) is 43.7 Å². The molecule has 0 radical (unpaired) electrons. The van der Waals surface area contributed by atoms with Gasteiger partial charge in [-0.25, -0.2) is 0 Å². The fraction of sp³-hybridized carbons (Fsp3) is 0.684. The fourth-order valence-electron chi connectivity index (χ4n) is 3.79. The Labute approximate surface area is 141 Å². The zero-order valence-electron chi connectivity index (χ0n) is 15.6. The minimum absolute atomic E-state index is 0.408. The molecule has 1 aliphatic rings. The molecule has 0 saturated heterocycles. The first-order chi connectivity index (χ1) is 11.1. The molecule has 23 heavy (non-hydrogen) atoms. The summed E-state index contributed by atoms with van der Waals surface area (Å²) in [5.74, 6) is 2.08. The highest BCUT2D eigenvalue weighted by atomic mass is 16.5. The van der Waals surface area contributed by atoms with E-state index in [9.17, 15) is 0 Å². The molecule has 4 heteroatoms. The van der Waals surface area contributed by atoms with Gasteiger partial charge in [0.25, 0.3) is 0 Å². The van der Waals surface area contributed by atoms with E-state index in [1.54, 1.807) is 14.2 Å². The van der Waals surface area contributed by atoms with Crippen LogP contribution in [0.15, 0.2) is 6.07 Å². The van der Waals surface area contributed by atoms with E-state index in [0.717, 1.165) is 50.5 Å². The zero-order chi connectivity index (χ0) is 17.0. The van der Waals surface area contributed by atoms with Crippen molar-refractivity contribution in [3.63, 3.8) is 0 Å². The second-order valence-electron chi connectivity index (χ2n) is 6.28. The number of likely N-dealkylation sites (N-methyl/N-ethyl adjacent to an activating group) is 1. The first-order valence-electron chi connectivity index (χ1n) is 8.80. The monoisotopic (exact) mass is 320 g/mol. The SMILES string of the molecule is CCC1c2c(OC)cc(CN(CC)CC)c(OC)c2CCN1C. The van der Waals surface area contributed by atoms with Gasteiger partial charge >= 0.3 is 0 Å². The largest absolute Gasteiger partial charge is 0.496 e.